The molecule has 0 radical (unpaired) electrons. The van der Waals surface area contributed by atoms with Crippen molar-refractivity contribution >= 4 is 9.84 Å². The van der Waals surface area contributed by atoms with Gasteiger partial charge in [-0.25, -0.2) is 13.3 Å². The molecule has 0 saturated carbocycles. The van der Waals surface area contributed by atoms with Crippen LogP contribution in [0.25, 0.3) is 0 Å². The Morgan fingerprint density at radius 2 is 1.54 bits per heavy atom. The van der Waals surface area contributed by atoms with E-state index in [4.69, 9.17) is 14.5 Å². The Balaban J connectivity index is 2.05. The molecule has 0 saturated heterocycles. The molecular formula is C20H24O5S. The molecule has 140 valence electrons. The molecule has 6 heteroatoms. The maximum atomic E-state index is 13.1. The lowest BCUT2D eigenvalue weighted by Gasteiger charge is -2.42. The highest BCUT2D eigenvalue weighted by Crippen LogP contribution is 2.43. The smallest absolute Gasteiger partial charge is 0.225 e. The van der Waals surface area contributed by atoms with Crippen molar-refractivity contribution in [1.29, 1.82) is 0 Å². The van der Waals surface area contributed by atoms with Gasteiger partial charge in [-0.3, -0.25) is 0 Å². The number of benzene rings is 2. The molecule has 0 aliphatic carbocycles. The van der Waals surface area contributed by atoms with Gasteiger partial charge in [0.1, 0.15) is 5.60 Å². The first kappa shape index (κ1) is 19.0. The summed E-state index contributed by atoms with van der Waals surface area (Å²) >= 11 is 0. The van der Waals surface area contributed by atoms with E-state index in [0.29, 0.717) is 0 Å². The zero-order valence-electron chi connectivity index (χ0n) is 15.7. The summed E-state index contributed by atoms with van der Waals surface area (Å²) in [5.74, 6) is -1.32. The van der Waals surface area contributed by atoms with Crippen LogP contribution < -0.4 is 0 Å². The number of hydrogen-bond donors (Lipinski definition) is 0. The Morgan fingerprint density at radius 1 is 0.962 bits per heavy atom. The fraction of sp³-hybridized carbons (Fsp3) is 0.400. The number of fused-ring (bicyclic) bond motifs is 1. The Labute approximate surface area is 154 Å². The van der Waals surface area contributed by atoms with Crippen LogP contribution >= 0.6 is 0 Å². The highest BCUT2D eigenvalue weighted by Gasteiger charge is 2.47. The zero-order valence-corrected chi connectivity index (χ0v) is 16.5. The largest absolute Gasteiger partial charge is 0.347 e. The predicted molar refractivity (Wildman–Crippen MR) is 98.3 cm³/mol. The maximum absolute atomic E-state index is 13.1. The predicted octanol–water partition coefficient (Wildman–Crippen LogP) is 3.77. The SMILES string of the molecule is CO[C@@]1(C)OO[C@](C)(CS(=O)(=O)c2cc(C)cc(C)c2)c2ccccc21. The second kappa shape index (κ2) is 6.46. The van der Waals surface area contributed by atoms with E-state index in [1.165, 1.54) is 7.11 Å². The number of ether oxygens (including phenoxy) is 1. The van der Waals surface area contributed by atoms with Crippen LogP contribution in [-0.2, 0) is 35.7 Å². The minimum atomic E-state index is -3.60. The van der Waals surface area contributed by atoms with Crippen LogP contribution in [0, 0.1) is 13.8 Å². The van der Waals surface area contributed by atoms with Crippen LogP contribution in [0.3, 0.4) is 0 Å². The molecule has 0 unspecified atom stereocenters. The Kier molecular flexibility index (Phi) is 4.73. The third-order valence-electron chi connectivity index (χ3n) is 4.78. The van der Waals surface area contributed by atoms with E-state index >= 15 is 0 Å². The first-order chi connectivity index (χ1) is 12.1. The van der Waals surface area contributed by atoms with Crippen LogP contribution in [0.5, 0.6) is 0 Å². The summed E-state index contributed by atoms with van der Waals surface area (Å²) in [7, 11) is -2.07. The Morgan fingerprint density at radius 3 is 2.12 bits per heavy atom. The van der Waals surface area contributed by atoms with Gasteiger partial charge in [0.05, 0.1) is 10.6 Å². The van der Waals surface area contributed by atoms with Crippen molar-refractivity contribution in [3.63, 3.8) is 0 Å². The van der Waals surface area contributed by atoms with Gasteiger partial charge in [0, 0.05) is 12.7 Å². The molecule has 5 nitrogen and oxygen atoms in total. The minimum absolute atomic E-state index is 0.236. The van der Waals surface area contributed by atoms with Crippen molar-refractivity contribution < 1.29 is 22.9 Å². The number of rotatable bonds is 4. The van der Waals surface area contributed by atoms with Gasteiger partial charge in [-0.15, -0.1) is 0 Å². The first-order valence-corrected chi connectivity index (χ1v) is 10.1. The van der Waals surface area contributed by atoms with Gasteiger partial charge in [-0.2, -0.15) is 4.89 Å². The van der Waals surface area contributed by atoms with Gasteiger partial charge in [0.2, 0.25) is 5.79 Å². The maximum Gasteiger partial charge on any atom is 0.225 e. The molecule has 0 fully saturated rings. The number of hydrogen-bond acceptors (Lipinski definition) is 5. The molecule has 2 aromatic carbocycles. The van der Waals surface area contributed by atoms with Gasteiger partial charge >= 0.3 is 0 Å². The van der Waals surface area contributed by atoms with Crippen LogP contribution in [0.15, 0.2) is 47.4 Å². The molecule has 26 heavy (non-hydrogen) atoms. The summed E-state index contributed by atoms with van der Waals surface area (Å²) in [5.41, 5.74) is 2.16. The summed E-state index contributed by atoms with van der Waals surface area (Å²) < 4.78 is 31.6. The van der Waals surface area contributed by atoms with Gasteiger partial charge < -0.3 is 4.74 Å². The highest BCUT2D eigenvalue weighted by molar-refractivity contribution is 7.91. The molecule has 3 rings (SSSR count). The van der Waals surface area contributed by atoms with E-state index in [0.717, 1.165) is 22.3 Å². The third-order valence-corrected chi connectivity index (χ3v) is 6.66. The van der Waals surface area contributed by atoms with E-state index in [9.17, 15) is 8.42 Å². The molecule has 0 aromatic heterocycles. The normalized spacial score (nSPS) is 25.7. The highest BCUT2D eigenvalue weighted by atomic mass is 32.2. The summed E-state index contributed by atoms with van der Waals surface area (Å²) in [5, 5.41) is 0. The van der Waals surface area contributed by atoms with Crippen LogP contribution in [0.1, 0.15) is 36.1 Å². The molecule has 1 aliphatic rings. The lowest BCUT2D eigenvalue weighted by molar-refractivity contribution is -0.475. The van der Waals surface area contributed by atoms with E-state index < -0.39 is 21.2 Å². The van der Waals surface area contributed by atoms with Crippen molar-refractivity contribution in [1.82, 2.24) is 0 Å². The molecule has 1 aliphatic heterocycles. The molecule has 0 N–H and O–H groups in total. The zero-order chi connectivity index (χ0) is 19.2. The molecule has 0 spiro atoms. The molecule has 0 bridgehead atoms. The molecular weight excluding hydrogens is 352 g/mol. The van der Waals surface area contributed by atoms with Gasteiger partial charge in [0.25, 0.3) is 0 Å². The number of methoxy groups -OCH3 is 1. The van der Waals surface area contributed by atoms with Crippen molar-refractivity contribution in [3.8, 4) is 0 Å². The lowest BCUT2D eigenvalue weighted by Crippen LogP contribution is -2.45. The molecule has 1 heterocycles. The first-order valence-electron chi connectivity index (χ1n) is 8.43. The second-order valence-corrected chi connectivity index (χ2v) is 9.17. The number of aryl methyl sites for hydroxylation is 2. The van der Waals surface area contributed by atoms with Crippen LogP contribution in [0.2, 0.25) is 0 Å². The van der Waals surface area contributed by atoms with Gasteiger partial charge in [-0.05, 0) is 56.5 Å². The Hall–Kier alpha value is -1.73. The van der Waals surface area contributed by atoms with E-state index in [-0.39, 0.29) is 10.6 Å². The fourth-order valence-corrected chi connectivity index (χ4v) is 5.23. The van der Waals surface area contributed by atoms with E-state index in [1.807, 2.05) is 44.2 Å². The topological polar surface area (TPSA) is 61.8 Å². The van der Waals surface area contributed by atoms with Crippen molar-refractivity contribution in [2.45, 2.75) is 44.0 Å². The van der Waals surface area contributed by atoms with Crippen LogP contribution in [-0.4, -0.2) is 21.3 Å². The monoisotopic (exact) mass is 376 g/mol. The van der Waals surface area contributed by atoms with Gasteiger partial charge in [-0.1, -0.05) is 30.3 Å². The molecule has 2 aromatic rings. The van der Waals surface area contributed by atoms with Crippen LogP contribution in [0.4, 0.5) is 0 Å². The van der Waals surface area contributed by atoms with Crippen molar-refractivity contribution in [3.05, 3.63) is 64.7 Å². The summed E-state index contributed by atoms with van der Waals surface area (Å²) in [6.45, 7) is 7.23. The third kappa shape index (κ3) is 3.30. The second-order valence-electron chi connectivity index (χ2n) is 7.18. The average molecular weight is 376 g/mol. The van der Waals surface area contributed by atoms with E-state index in [2.05, 4.69) is 0 Å². The number of sulfone groups is 1. The fourth-order valence-electron chi connectivity index (χ4n) is 3.41. The molecule has 2 atom stereocenters. The Bertz CT molecular complexity index is 917. The van der Waals surface area contributed by atoms with E-state index in [1.54, 1.807) is 26.0 Å². The minimum Gasteiger partial charge on any atom is -0.347 e. The lowest BCUT2D eigenvalue weighted by atomic mass is 9.88. The van der Waals surface area contributed by atoms with Gasteiger partial charge in [0.15, 0.2) is 9.84 Å². The summed E-state index contributed by atoms with van der Waals surface area (Å²) in [6, 6.07) is 12.7. The standard InChI is InChI=1S/C20H24O5S/c1-14-10-15(2)12-16(11-14)26(21,22)13-19(3)17-8-6-7-9-18(17)20(4,23-5)25-24-19/h6-12H,13H2,1-5H3/t19-,20+/m1/s1. The quantitative estimate of drug-likeness (QED) is 0.760. The van der Waals surface area contributed by atoms with Crippen molar-refractivity contribution in [2.75, 3.05) is 12.9 Å². The van der Waals surface area contributed by atoms with Crippen molar-refractivity contribution in [2.24, 2.45) is 0 Å². The summed E-state index contributed by atoms with van der Waals surface area (Å²) in [4.78, 5) is 11.4. The average Bonchev–Trinajstić information content (AvgIpc) is 2.58. The summed E-state index contributed by atoms with van der Waals surface area (Å²) in [6.07, 6.45) is 0. The molecule has 0 amide bonds.